The van der Waals surface area contributed by atoms with Crippen LogP contribution in [-0.4, -0.2) is 31.9 Å². The highest BCUT2D eigenvalue weighted by Crippen LogP contribution is 2.42. The van der Waals surface area contributed by atoms with E-state index in [1.165, 1.54) is 49.9 Å². The van der Waals surface area contributed by atoms with Crippen LogP contribution in [0, 0.1) is 35.1 Å². The number of ether oxygens (including phenoxy) is 3. The van der Waals surface area contributed by atoms with E-state index in [2.05, 4.69) is 6.92 Å². The number of benzene rings is 3. The summed E-state index contributed by atoms with van der Waals surface area (Å²) in [6.45, 7) is 2.94. The molecule has 1 saturated carbocycles. The van der Waals surface area contributed by atoms with Gasteiger partial charge in [0.25, 0.3) is 5.92 Å². The molecule has 0 spiro atoms. The average molecular weight is 697 g/mol. The summed E-state index contributed by atoms with van der Waals surface area (Å²) < 4.78 is 118. The molecule has 0 aliphatic heterocycles. The predicted molar refractivity (Wildman–Crippen MR) is 177 cm³/mol. The topological polar surface area (TPSA) is 27.7 Å². The fraction of sp³-hybridized carbons (Fsp3) is 0.538. The van der Waals surface area contributed by atoms with Crippen LogP contribution in [0.1, 0.15) is 90.0 Å². The van der Waals surface area contributed by atoms with Crippen LogP contribution in [-0.2, 0) is 6.42 Å². The van der Waals surface area contributed by atoms with Gasteiger partial charge in [0.2, 0.25) is 17.5 Å². The molecular formula is C39H47F7O3. The molecule has 0 saturated heterocycles. The van der Waals surface area contributed by atoms with Crippen LogP contribution in [0.25, 0.3) is 11.1 Å². The van der Waals surface area contributed by atoms with Gasteiger partial charge in [-0.3, -0.25) is 0 Å². The minimum absolute atomic E-state index is 0.0206. The third-order valence-electron chi connectivity index (χ3n) is 9.35. The highest BCUT2D eigenvalue weighted by atomic mass is 19.3. The highest BCUT2D eigenvalue weighted by molar-refractivity contribution is 5.65. The van der Waals surface area contributed by atoms with Crippen LogP contribution in [0.15, 0.2) is 48.5 Å². The second-order valence-electron chi connectivity index (χ2n) is 13.0. The molecule has 0 bridgehead atoms. The third kappa shape index (κ3) is 10.8. The smallest absolute Gasteiger partial charge is 0.254 e. The largest absolute Gasteiger partial charge is 0.491 e. The summed E-state index contributed by atoms with van der Waals surface area (Å²) in [7, 11) is 0. The van der Waals surface area contributed by atoms with Crippen molar-refractivity contribution in [2.24, 2.45) is 11.8 Å². The zero-order chi connectivity index (χ0) is 35.4. The Morgan fingerprint density at radius 1 is 0.694 bits per heavy atom. The van der Waals surface area contributed by atoms with E-state index in [-0.39, 0.29) is 24.3 Å². The van der Waals surface area contributed by atoms with Crippen molar-refractivity contribution in [3.8, 4) is 28.4 Å². The molecule has 3 nitrogen and oxygen atoms in total. The second kappa shape index (κ2) is 18.5. The Hall–Kier alpha value is -3.43. The predicted octanol–water partition coefficient (Wildman–Crippen LogP) is 11.8. The van der Waals surface area contributed by atoms with Crippen molar-refractivity contribution < 1.29 is 44.9 Å². The minimum Gasteiger partial charge on any atom is -0.491 e. The molecule has 1 atom stereocenters. The zero-order valence-corrected chi connectivity index (χ0v) is 28.3. The van der Waals surface area contributed by atoms with Gasteiger partial charge in [-0.05, 0) is 73.9 Å². The molecule has 0 radical (unpaired) electrons. The first-order valence-corrected chi connectivity index (χ1v) is 17.5. The molecule has 1 aliphatic rings. The summed E-state index contributed by atoms with van der Waals surface area (Å²) in [5.41, 5.74) is 0.918. The van der Waals surface area contributed by atoms with E-state index in [9.17, 15) is 30.7 Å². The summed E-state index contributed by atoms with van der Waals surface area (Å²) >= 11 is 0. The number of hydrogen-bond donors (Lipinski definition) is 0. The molecule has 0 aromatic heterocycles. The monoisotopic (exact) mass is 696 g/mol. The molecule has 1 unspecified atom stereocenters. The summed E-state index contributed by atoms with van der Waals surface area (Å²) in [5, 5.41) is 0. The first-order valence-electron chi connectivity index (χ1n) is 17.5. The number of alkyl halides is 3. The van der Waals surface area contributed by atoms with Crippen molar-refractivity contribution in [1.29, 1.82) is 0 Å². The Bertz CT molecular complexity index is 1460. The lowest BCUT2D eigenvalue weighted by atomic mass is 9.76. The van der Waals surface area contributed by atoms with Gasteiger partial charge in [0, 0.05) is 24.3 Å². The van der Waals surface area contributed by atoms with Crippen LogP contribution in [0.5, 0.6) is 17.2 Å². The van der Waals surface area contributed by atoms with Crippen LogP contribution in [0.3, 0.4) is 0 Å². The van der Waals surface area contributed by atoms with E-state index in [4.69, 9.17) is 14.2 Å². The van der Waals surface area contributed by atoms with Gasteiger partial charge in [0.15, 0.2) is 23.1 Å². The number of halogens is 7. The summed E-state index contributed by atoms with van der Waals surface area (Å²) in [4.78, 5) is 0. The Morgan fingerprint density at radius 3 is 1.94 bits per heavy atom. The van der Waals surface area contributed by atoms with Crippen LogP contribution in [0.2, 0.25) is 0 Å². The standard InChI is InChI=1S/C39H47F7O3/c1-3-5-6-7-8-9-26-12-16-29(17-13-26)39(45,46)22-23-48-33-20-21-34(38(44)37(33)43)49-25-30(40)24-27-10-14-28(15-11-27)31-18-19-32(47-4-2)36(42)35(31)41/h10-11,14-15,18-21,26,29-30H,3-9,12-13,16-17,22-25H2,1-2H3. The molecule has 3 aromatic rings. The number of hydrogen-bond acceptors (Lipinski definition) is 3. The third-order valence-corrected chi connectivity index (χ3v) is 9.35. The molecule has 1 fully saturated rings. The minimum atomic E-state index is -2.97. The lowest BCUT2D eigenvalue weighted by Crippen LogP contribution is -2.33. The molecule has 0 heterocycles. The maximum absolute atomic E-state index is 14.9. The molecule has 0 amide bonds. The SMILES string of the molecule is CCCCCCCC1CCC(C(F)(F)CCOc2ccc(OCC(F)Cc3ccc(-c4ccc(OCC)c(F)c4F)cc3)c(F)c2F)CC1. The van der Waals surface area contributed by atoms with Crippen molar-refractivity contribution >= 4 is 0 Å². The fourth-order valence-electron chi connectivity index (χ4n) is 6.49. The number of unbranched alkanes of at least 4 members (excludes halogenated alkanes) is 4. The quantitative estimate of drug-likeness (QED) is 0.0922. The maximum Gasteiger partial charge on any atom is 0.254 e. The molecule has 0 N–H and O–H groups in total. The average Bonchev–Trinajstić information content (AvgIpc) is 3.09. The fourth-order valence-corrected chi connectivity index (χ4v) is 6.49. The highest BCUT2D eigenvalue weighted by Gasteiger charge is 2.41. The molecule has 3 aromatic carbocycles. The van der Waals surface area contributed by atoms with Gasteiger partial charge in [-0.2, -0.15) is 13.2 Å². The van der Waals surface area contributed by atoms with Gasteiger partial charge in [-0.1, -0.05) is 69.7 Å². The first-order chi connectivity index (χ1) is 23.5. The van der Waals surface area contributed by atoms with Gasteiger partial charge in [0.05, 0.1) is 13.2 Å². The summed E-state index contributed by atoms with van der Waals surface area (Å²) in [6, 6.07) is 11.0. The number of rotatable bonds is 19. The second-order valence-corrected chi connectivity index (χ2v) is 13.0. The molecule has 49 heavy (non-hydrogen) atoms. The zero-order valence-electron chi connectivity index (χ0n) is 28.3. The van der Waals surface area contributed by atoms with Gasteiger partial charge in [-0.15, -0.1) is 0 Å². The summed E-state index contributed by atoms with van der Waals surface area (Å²) in [6.07, 6.45) is 7.22. The molecular weight excluding hydrogens is 649 g/mol. The molecule has 270 valence electrons. The van der Waals surface area contributed by atoms with E-state index in [1.54, 1.807) is 19.1 Å². The Labute approximate surface area is 285 Å². The van der Waals surface area contributed by atoms with Gasteiger partial charge >= 0.3 is 0 Å². The van der Waals surface area contributed by atoms with Crippen LogP contribution >= 0.6 is 0 Å². The van der Waals surface area contributed by atoms with E-state index in [0.29, 0.717) is 29.9 Å². The van der Waals surface area contributed by atoms with E-state index in [0.717, 1.165) is 37.8 Å². The van der Waals surface area contributed by atoms with Gasteiger partial charge in [-0.25, -0.2) is 17.6 Å². The van der Waals surface area contributed by atoms with E-state index < -0.39 is 72.4 Å². The van der Waals surface area contributed by atoms with Crippen molar-refractivity contribution in [3.63, 3.8) is 0 Å². The van der Waals surface area contributed by atoms with Gasteiger partial charge in [0.1, 0.15) is 12.8 Å². The summed E-state index contributed by atoms with van der Waals surface area (Å²) in [5.74, 6) is -9.43. The van der Waals surface area contributed by atoms with Crippen LogP contribution < -0.4 is 14.2 Å². The first kappa shape index (κ1) is 38.4. The van der Waals surface area contributed by atoms with Crippen molar-refractivity contribution in [1.82, 2.24) is 0 Å². The van der Waals surface area contributed by atoms with E-state index in [1.807, 2.05) is 0 Å². The Kier molecular flexibility index (Phi) is 14.5. The Balaban J connectivity index is 1.21. The lowest BCUT2D eigenvalue weighted by molar-refractivity contribution is -0.0883. The van der Waals surface area contributed by atoms with Crippen molar-refractivity contribution in [2.75, 3.05) is 19.8 Å². The van der Waals surface area contributed by atoms with Crippen molar-refractivity contribution in [3.05, 3.63) is 77.4 Å². The Morgan fingerprint density at radius 2 is 1.29 bits per heavy atom. The molecule has 1 aliphatic carbocycles. The normalized spacial score (nSPS) is 17.2. The van der Waals surface area contributed by atoms with Gasteiger partial charge < -0.3 is 14.2 Å². The maximum atomic E-state index is 14.9. The van der Waals surface area contributed by atoms with E-state index >= 15 is 0 Å². The molecule has 10 heteroatoms. The van der Waals surface area contributed by atoms with Crippen LogP contribution in [0.4, 0.5) is 30.7 Å². The molecule has 4 rings (SSSR count). The van der Waals surface area contributed by atoms with Crippen molar-refractivity contribution in [2.45, 2.75) is 103 Å². The lowest BCUT2D eigenvalue weighted by Gasteiger charge is -2.33.